The van der Waals surface area contributed by atoms with Gasteiger partial charge in [-0.15, -0.1) is 0 Å². The molecule has 0 N–H and O–H groups in total. The van der Waals surface area contributed by atoms with E-state index in [1.807, 2.05) is 0 Å². The van der Waals surface area contributed by atoms with Gasteiger partial charge >= 0.3 is 0 Å². The molecule has 0 amide bonds. The summed E-state index contributed by atoms with van der Waals surface area (Å²) in [6.07, 6.45) is 1.76. The zero-order valence-corrected chi connectivity index (χ0v) is 13.5. The van der Waals surface area contributed by atoms with E-state index in [1.165, 1.54) is 16.4 Å². The fourth-order valence-corrected chi connectivity index (χ4v) is 4.39. The van der Waals surface area contributed by atoms with Crippen LogP contribution in [0.4, 0.5) is 4.39 Å². The topological polar surface area (TPSA) is 46.6 Å². The number of sulfonamides is 1. The van der Waals surface area contributed by atoms with Crippen LogP contribution in [0.1, 0.15) is 18.4 Å². The van der Waals surface area contributed by atoms with E-state index in [0.717, 1.165) is 18.9 Å². The summed E-state index contributed by atoms with van der Waals surface area (Å²) in [5, 5.41) is 0.256. The lowest BCUT2D eigenvalue weighted by Crippen LogP contribution is -2.41. The van der Waals surface area contributed by atoms with Crippen LogP contribution in [0.5, 0.6) is 0 Å². The summed E-state index contributed by atoms with van der Waals surface area (Å²) in [7, 11) is -1.92. The fraction of sp³-hybridized carbons (Fsp3) is 0.571. The minimum atomic E-state index is -3.53. The molecule has 21 heavy (non-hydrogen) atoms. The molecule has 1 aliphatic heterocycles. The predicted octanol–water partition coefficient (Wildman–Crippen LogP) is 2.67. The highest BCUT2D eigenvalue weighted by molar-refractivity contribution is 7.88. The second-order valence-corrected chi connectivity index (χ2v) is 7.72. The quantitative estimate of drug-likeness (QED) is 0.831. The number of rotatable bonds is 5. The van der Waals surface area contributed by atoms with E-state index < -0.39 is 15.8 Å². The molecule has 0 bridgehead atoms. The third-order valence-corrected chi connectivity index (χ3v) is 5.66. The highest BCUT2D eigenvalue weighted by Crippen LogP contribution is 2.23. The van der Waals surface area contributed by atoms with Crippen molar-refractivity contribution in [3.63, 3.8) is 0 Å². The molecule has 1 atom stereocenters. The molecule has 1 saturated heterocycles. The van der Waals surface area contributed by atoms with Gasteiger partial charge in [-0.1, -0.05) is 17.7 Å². The van der Waals surface area contributed by atoms with Gasteiger partial charge in [0.1, 0.15) is 5.82 Å². The van der Waals surface area contributed by atoms with Crippen molar-refractivity contribution >= 4 is 21.6 Å². The molecule has 4 nitrogen and oxygen atoms in total. The summed E-state index contributed by atoms with van der Waals surface area (Å²) in [6.45, 7) is 1.46. The van der Waals surface area contributed by atoms with Crippen LogP contribution in [0.3, 0.4) is 0 Å². The highest BCUT2D eigenvalue weighted by Gasteiger charge is 2.29. The number of hydrogen-bond donors (Lipinski definition) is 0. The van der Waals surface area contributed by atoms with Crippen molar-refractivity contribution in [1.29, 1.82) is 0 Å². The minimum Gasteiger partial charge on any atom is -0.384 e. The van der Waals surface area contributed by atoms with Crippen LogP contribution < -0.4 is 0 Å². The Hall–Kier alpha value is -0.690. The van der Waals surface area contributed by atoms with E-state index in [9.17, 15) is 12.8 Å². The summed E-state index contributed by atoms with van der Waals surface area (Å²) < 4.78 is 45.1. The van der Waals surface area contributed by atoms with Gasteiger partial charge in [-0.3, -0.25) is 0 Å². The average Bonchev–Trinajstić information content (AvgIpc) is 2.43. The molecule has 1 heterocycles. The zero-order valence-electron chi connectivity index (χ0n) is 11.9. The van der Waals surface area contributed by atoms with Crippen LogP contribution in [-0.2, 0) is 20.5 Å². The molecule has 1 aliphatic rings. The third-order valence-electron chi connectivity index (χ3n) is 3.63. The lowest BCUT2D eigenvalue weighted by atomic mass is 10.0. The molecule has 7 heteroatoms. The lowest BCUT2D eigenvalue weighted by molar-refractivity contribution is 0.118. The van der Waals surface area contributed by atoms with Gasteiger partial charge in [0.05, 0.1) is 12.4 Å². The van der Waals surface area contributed by atoms with Gasteiger partial charge in [0, 0.05) is 30.8 Å². The summed E-state index contributed by atoms with van der Waals surface area (Å²) >= 11 is 5.68. The summed E-state index contributed by atoms with van der Waals surface area (Å²) in [6, 6.07) is 4.06. The Morgan fingerprint density at radius 2 is 2.24 bits per heavy atom. The van der Waals surface area contributed by atoms with E-state index in [4.69, 9.17) is 16.3 Å². The largest absolute Gasteiger partial charge is 0.384 e. The van der Waals surface area contributed by atoms with Crippen LogP contribution in [0.15, 0.2) is 18.2 Å². The van der Waals surface area contributed by atoms with Crippen LogP contribution in [-0.4, -0.2) is 39.5 Å². The van der Waals surface area contributed by atoms with Gasteiger partial charge in [-0.2, -0.15) is 0 Å². The Bertz CT molecular complexity index is 592. The van der Waals surface area contributed by atoms with Crippen molar-refractivity contribution in [2.75, 3.05) is 26.8 Å². The number of piperidine rings is 1. The predicted molar refractivity (Wildman–Crippen MR) is 80.2 cm³/mol. The first kappa shape index (κ1) is 16.7. The smallest absolute Gasteiger partial charge is 0.218 e. The first-order valence-corrected chi connectivity index (χ1v) is 8.82. The van der Waals surface area contributed by atoms with E-state index in [-0.39, 0.29) is 22.3 Å². The molecular weight excluding hydrogens is 317 g/mol. The molecule has 1 aromatic carbocycles. The van der Waals surface area contributed by atoms with Crippen molar-refractivity contribution in [2.24, 2.45) is 5.92 Å². The van der Waals surface area contributed by atoms with Crippen LogP contribution >= 0.6 is 11.6 Å². The maximum atomic E-state index is 13.8. The molecule has 0 aromatic heterocycles. The van der Waals surface area contributed by atoms with Crippen molar-refractivity contribution in [3.8, 4) is 0 Å². The standard InChI is InChI=1S/C14H19ClFNO3S/c1-20-9-11-3-2-6-17(8-11)21(18,19)10-12-4-5-13(15)7-14(12)16/h4-5,7,11H,2-3,6,8-10H2,1H3. The highest BCUT2D eigenvalue weighted by atomic mass is 35.5. The van der Waals surface area contributed by atoms with Crippen molar-refractivity contribution in [2.45, 2.75) is 18.6 Å². The lowest BCUT2D eigenvalue weighted by Gasteiger charge is -2.31. The number of nitrogens with zero attached hydrogens (tertiary/aromatic N) is 1. The summed E-state index contributed by atoms with van der Waals surface area (Å²) in [4.78, 5) is 0. The van der Waals surface area contributed by atoms with Gasteiger partial charge in [-0.05, 0) is 30.9 Å². The first-order valence-electron chi connectivity index (χ1n) is 6.83. The van der Waals surface area contributed by atoms with E-state index in [0.29, 0.717) is 19.7 Å². The molecule has 1 aromatic rings. The molecule has 0 saturated carbocycles. The van der Waals surface area contributed by atoms with Gasteiger partial charge < -0.3 is 4.74 Å². The zero-order chi connectivity index (χ0) is 15.5. The van der Waals surface area contributed by atoms with Gasteiger partial charge in [0.2, 0.25) is 10.0 Å². The molecule has 2 rings (SSSR count). The van der Waals surface area contributed by atoms with Gasteiger partial charge in [0.15, 0.2) is 0 Å². The normalized spacial score (nSPS) is 20.6. The molecule has 0 spiro atoms. The van der Waals surface area contributed by atoms with Crippen molar-refractivity contribution < 1.29 is 17.5 Å². The molecule has 1 unspecified atom stereocenters. The Kier molecular flexibility index (Phi) is 5.60. The van der Waals surface area contributed by atoms with E-state index >= 15 is 0 Å². The molecule has 118 valence electrons. The maximum Gasteiger partial charge on any atom is 0.218 e. The van der Waals surface area contributed by atoms with E-state index in [1.54, 1.807) is 7.11 Å². The average molecular weight is 336 g/mol. The van der Waals surface area contributed by atoms with Crippen LogP contribution in [0.25, 0.3) is 0 Å². The maximum absolute atomic E-state index is 13.8. The molecule has 0 radical (unpaired) electrons. The SMILES string of the molecule is COCC1CCCN(S(=O)(=O)Cc2ccc(Cl)cc2F)C1. The monoisotopic (exact) mass is 335 g/mol. The number of halogens is 2. The molecule has 0 aliphatic carbocycles. The second-order valence-electron chi connectivity index (χ2n) is 5.31. The first-order chi connectivity index (χ1) is 9.92. The number of methoxy groups -OCH3 is 1. The second kappa shape index (κ2) is 7.05. The van der Waals surface area contributed by atoms with E-state index in [2.05, 4.69) is 0 Å². The van der Waals surface area contributed by atoms with Crippen LogP contribution in [0.2, 0.25) is 5.02 Å². The third kappa shape index (κ3) is 4.39. The Labute approximate surface area is 129 Å². The Morgan fingerprint density at radius 1 is 1.48 bits per heavy atom. The molecule has 1 fully saturated rings. The molecular formula is C14H19ClFNO3S. The van der Waals surface area contributed by atoms with Gasteiger partial charge in [-0.25, -0.2) is 17.1 Å². The number of benzene rings is 1. The summed E-state index contributed by atoms with van der Waals surface area (Å²) in [5.74, 6) is -0.722. The van der Waals surface area contributed by atoms with Crippen LogP contribution in [0, 0.1) is 11.7 Å². The van der Waals surface area contributed by atoms with Gasteiger partial charge in [0.25, 0.3) is 0 Å². The van der Waals surface area contributed by atoms with Crippen molar-refractivity contribution in [1.82, 2.24) is 4.31 Å². The number of hydrogen-bond acceptors (Lipinski definition) is 3. The summed E-state index contributed by atoms with van der Waals surface area (Å²) in [5.41, 5.74) is 0.147. The Balaban J connectivity index is 2.10. The number of ether oxygens (including phenoxy) is 1. The fourth-order valence-electron chi connectivity index (χ4n) is 2.58. The van der Waals surface area contributed by atoms with Crippen molar-refractivity contribution in [3.05, 3.63) is 34.6 Å². The minimum absolute atomic E-state index is 0.147. The Morgan fingerprint density at radius 3 is 2.90 bits per heavy atom.